The molecule has 7 heteroatoms. The van der Waals surface area contributed by atoms with Crippen molar-refractivity contribution in [2.24, 2.45) is 0 Å². The fourth-order valence-corrected chi connectivity index (χ4v) is 2.52. The number of rotatable bonds is 6. The van der Waals surface area contributed by atoms with E-state index in [9.17, 15) is 4.79 Å². The first-order valence-electron chi connectivity index (χ1n) is 5.80. The summed E-state index contributed by atoms with van der Waals surface area (Å²) in [5.74, 6) is 1.05. The van der Waals surface area contributed by atoms with Crippen molar-refractivity contribution in [2.75, 3.05) is 12.1 Å². The Kier molecular flexibility index (Phi) is 5.73. The number of nitrogens with one attached hydrogen (secondary N) is 1. The molecule has 0 aliphatic carbocycles. The van der Waals surface area contributed by atoms with Gasteiger partial charge < -0.3 is 14.8 Å². The van der Waals surface area contributed by atoms with E-state index in [1.54, 1.807) is 36.4 Å². The summed E-state index contributed by atoms with van der Waals surface area (Å²) < 4.78 is 11.7. The highest BCUT2D eigenvalue weighted by Crippen LogP contribution is 2.30. The third-order valence-corrected chi connectivity index (χ3v) is 3.57. The minimum absolute atomic E-state index is 0.0323. The minimum atomic E-state index is -0.0323. The van der Waals surface area contributed by atoms with Gasteiger partial charge in [-0.3, -0.25) is 4.79 Å². The first-order valence-corrected chi connectivity index (χ1v) is 7.35. The second-order valence-corrected chi connectivity index (χ2v) is 5.61. The molecule has 1 N–H and O–H groups in total. The Morgan fingerprint density at radius 2 is 1.67 bits per heavy atom. The van der Waals surface area contributed by atoms with E-state index in [0.29, 0.717) is 33.6 Å². The van der Waals surface area contributed by atoms with E-state index < -0.39 is 0 Å². The van der Waals surface area contributed by atoms with E-state index in [1.807, 2.05) is 0 Å². The van der Waals surface area contributed by atoms with Gasteiger partial charge in [0, 0.05) is 10.0 Å². The zero-order valence-electron chi connectivity index (χ0n) is 10.6. The molecule has 4 nitrogen and oxygen atoms in total. The molecule has 0 saturated carbocycles. The summed E-state index contributed by atoms with van der Waals surface area (Å²) >= 11 is 15.0. The van der Waals surface area contributed by atoms with Gasteiger partial charge in [-0.15, -0.1) is 0 Å². The lowest BCUT2D eigenvalue weighted by molar-refractivity contribution is -0.105. The zero-order valence-corrected chi connectivity index (χ0v) is 13.7. The van der Waals surface area contributed by atoms with Gasteiger partial charge in [0.2, 0.25) is 13.2 Å². The predicted octanol–water partition coefficient (Wildman–Crippen LogP) is 4.74. The summed E-state index contributed by atoms with van der Waals surface area (Å²) in [7, 11) is 0. The van der Waals surface area contributed by atoms with Gasteiger partial charge in [-0.1, -0.05) is 23.2 Å². The number of carbonyl (C=O) groups is 1. The van der Waals surface area contributed by atoms with Crippen molar-refractivity contribution < 1.29 is 14.3 Å². The normalized spacial score (nSPS) is 10.0. The monoisotopic (exact) mass is 389 g/mol. The van der Waals surface area contributed by atoms with Crippen LogP contribution in [-0.4, -0.2) is 13.2 Å². The van der Waals surface area contributed by atoms with Crippen LogP contribution in [0.2, 0.25) is 10.0 Å². The molecular formula is C14H10BrCl2NO3. The largest absolute Gasteiger partial charge is 0.456 e. The van der Waals surface area contributed by atoms with Crippen molar-refractivity contribution in [3.05, 3.63) is 50.9 Å². The second-order valence-electron chi connectivity index (χ2n) is 3.88. The summed E-state index contributed by atoms with van der Waals surface area (Å²) in [5, 5.41) is 3.61. The average Bonchev–Trinajstić information content (AvgIpc) is 2.44. The standard InChI is InChI=1S/C14H10BrCl2NO3/c15-11-5-9(16)1-3-13(11)20-8-21-14-4-2-10(17)6-12(14)18-7-19/h1-7H,8H2,(H,18,19). The van der Waals surface area contributed by atoms with E-state index in [0.717, 1.165) is 4.47 Å². The quantitative estimate of drug-likeness (QED) is 0.572. The first kappa shape index (κ1) is 15.9. The number of hydrogen-bond donors (Lipinski definition) is 1. The number of carbonyl (C=O) groups excluding carboxylic acids is 1. The van der Waals surface area contributed by atoms with Gasteiger partial charge in [0.15, 0.2) is 0 Å². The summed E-state index contributed by atoms with van der Waals surface area (Å²) in [6.45, 7) is -0.0323. The van der Waals surface area contributed by atoms with Crippen LogP contribution in [0.1, 0.15) is 0 Å². The summed E-state index contributed by atoms with van der Waals surface area (Å²) in [4.78, 5) is 10.5. The Labute approximate surface area is 140 Å². The molecular weight excluding hydrogens is 381 g/mol. The van der Waals surface area contributed by atoms with Gasteiger partial charge in [0.05, 0.1) is 10.2 Å². The van der Waals surface area contributed by atoms with Crippen molar-refractivity contribution in [1.29, 1.82) is 0 Å². The maximum Gasteiger partial charge on any atom is 0.231 e. The van der Waals surface area contributed by atoms with Gasteiger partial charge in [-0.05, 0) is 52.3 Å². The molecule has 21 heavy (non-hydrogen) atoms. The molecule has 0 aliphatic rings. The highest BCUT2D eigenvalue weighted by Gasteiger charge is 2.06. The number of hydrogen-bond acceptors (Lipinski definition) is 3. The topological polar surface area (TPSA) is 47.6 Å². The SMILES string of the molecule is O=CNc1cc(Cl)ccc1OCOc1ccc(Cl)cc1Br. The van der Waals surface area contributed by atoms with Crippen LogP contribution in [0, 0.1) is 0 Å². The molecule has 0 aromatic heterocycles. The fourth-order valence-electron chi connectivity index (χ4n) is 1.55. The smallest absolute Gasteiger partial charge is 0.231 e. The lowest BCUT2D eigenvalue weighted by Crippen LogP contribution is -2.08. The number of ether oxygens (including phenoxy) is 2. The van der Waals surface area contributed by atoms with Crippen LogP contribution in [-0.2, 0) is 4.79 Å². The molecule has 110 valence electrons. The molecule has 0 spiro atoms. The Balaban J connectivity index is 2.01. The third-order valence-electron chi connectivity index (χ3n) is 2.48. The van der Waals surface area contributed by atoms with Crippen LogP contribution in [0.15, 0.2) is 40.9 Å². The summed E-state index contributed by atoms with van der Waals surface area (Å²) in [5.41, 5.74) is 0.469. The maximum absolute atomic E-state index is 10.5. The predicted molar refractivity (Wildman–Crippen MR) is 86.4 cm³/mol. The summed E-state index contributed by atoms with van der Waals surface area (Å²) in [6.07, 6.45) is 0.551. The molecule has 0 saturated heterocycles. The Bertz CT molecular complexity index is 652. The molecule has 0 bridgehead atoms. The van der Waals surface area contributed by atoms with Crippen LogP contribution in [0.5, 0.6) is 11.5 Å². The maximum atomic E-state index is 10.5. The molecule has 0 fully saturated rings. The van der Waals surface area contributed by atoms with E-state index in [2.05, 4.69) is 21.2 Å². The highest BCUT2D eigenvalue weighted by atomic mass is 79.9. The van der Waals surface area contributed by atoms with Crippen LogP contribution >= 0.6 is 39.1 Å². The van der Waals surface area contributed by atoms with Crippen molar-refractivity contribution in [3.63, 3.8) is 0 Å². The molecule has 0 atom stereocenters. The fraction of sp³-hybridized carbons (Fsp3) is 0.0714. The summed E-state index contributed by atoms with van der Waals surface area (Å²) in [6, 6.07) is 10.0. The molecule has 0 unspecified atom stereocenters. The van der Waals surface area contributed by atoms with E-state index >= 15 is 0 Å². The van der Waals surface area contributed by atoms with Crippen molar-refractivity contribution in [3.8, 4) is 11.5 Å². The Morgan fingerprint density at radius 3 is 2.33 bits per heavy atom. The van der Waals surface area contributed by atoms with Crippen LogP contribution < -0.4 is 14.8 Å². The van der Waals surface area contributed by atoms with Gasteiger partial charge in [-0.25, -0.2) is 0 Å². The molecule has 2 aromatic rings. The molecule has 0 aliphatic heterocycles. The Morgan fingerprint density at radius 1 is 1.05 bits per heavy atom. The molecule has 0 heterocycles. The minimum Gasteiger partial charge on any atom is -0.456 e. The molecule has 2 aromatic carbocycles. The van der Waals surface area contributed by atoms with Gasteiger partial charge in [-0.2, -0.15) is 0 Å². The number of anilines is 1. The van der Waals surface area contributed by atoms with Gasteiger partial charge in [0.25, 0.3) is 0 Å². The molecule has 0 radical (unpaired) electrons. The van der Waals surface area contributed by atoms with E-state index in [1.165, 1.54) is 0 Å². The third kappa shape index (κ3) is 4.52. The average molecular weight is 391 g/mol. The van der Waals surface area contributed by atoms with Crippen molar-refractivity contribution in [1.82, 2.24) is 0 Å². The van der Waals surface area contributed by atoms with Crippen LogP contribution in [0.3, 0.4) is 0 Å². The van der Waals surface area contributed by atoms with Crippen LogP contribution in [0.25, 0.3) is 0 Å². The van der Waals surface area contributed by atoms with Crippen molar-refractivity contribution >= 4 is 51.2 Å². The zero-order chi connectivity index (χ0) is 15.2. The van der Waals surface area contributed by atoms with Gasteiger partial charge >= 0.3 is 0 Å². The first-order chi connectivity index (χ1) is 10.1. The molecule has 1 amide bonds. The lowest BCUT2D eigenvalue weighted by atomic mass is 10.3. The number of halogens is 3. The van der Waals surface area contributed by atoms with E-state index in [-0.39, 0.29) is 6.79 Å². The Hall–Kier alpha value is -1.43. The highest BCUT2D eigenvalue weighted by molar-refractivity contribution is 9.10. The van der Waals surface area contributed by atoms with Crippen molar-refractivity contribution in [2.45, 2.75) is 0 Å². The van der Waals surface area contributed by atoms with E-state index in [4.69, 9.17) is 32.7 Å². The second kappa shape index (κ2) is 7.54. The number of benzene rings is 2. The molecule has 2 rings (SSSR count). The lowest BCUT2D eigenvalue weighted by Gasteiger charge is -2.12. The number of amides is 1. The van der Waals surface area contributed by atoms with Gasteiger partial charge in [0.1, 0.15) is 11.5 Å². The van der Waals surface area contributed by atoms with Crippen LogP contribution in [0.4, 0.5) is 5.69 Å².